The minimum Gasteiger partial charge on any atom is -0.478 e. The van der Waals surface area contributed by atoms with Crippen LogP contribution >= 0.6 is 0 Å². The zero-order valence-corrected chi connectivity index (χ0v) is 11.9. The lowest BCUT2D eigenvalue weighted by Crippen LogP contribution is -2.41. The van der Waals surface area contributed by atoms with E-state index in [1.807, 2.05) is 13.8 Å². The third-order valence-electron chi connectivity index (χ3n) is 2.17. The quantitative estimate of drug-likeness (QED) is 0.759. The van der Waals surface area contributed by atoms with Gasteiger partial charge in [0, 0.05) is 5.57 Å². The van der Waals surface area contributed by atoms with Crippen LogP contribution in [0.15, 0.2) is 11.6 Å². The molecule has 0 bridgehead atoms. The van der Waals surface area contributed by atoms with Gasteiger partial charge in [-0.1, -0.05) is 19.9 Å². The molecule has 0 aliphatic rings. The zero-order chi connectivity index (χ0) is 14.5. The van der Waals surface area contributed by atoms with E-state index in [9.17, 15) is 9.59 Å². The molecule has 2 N–H and O–H groups in total. The molecule has 0 radical (unpaired) electrons. The molecule has 1 atom stereocenters. The van der Waals surface area contributed by atoms with E-state index in [1.165, 1.54) is 13.0 Å². The Kier molecular flexibility index (Phi) is 5.88. The molecule has 104 valence electrons. The van der Waals surface area contributed by atoms with Gasteiger partial charge in [0.1, 0.15) is 5.60 Å². The van der Waals surface area contributed by atoms with Crippen molar-refractivity contribution in [1.82, 2.24) is 5.32 Å². The summed E-state index contributed by atoms with van der Waals surface area (Å²) >= 11 is 0. The lowest BCUT2D eigenvalue weighted by atomic mass is 10.0. The number of rotatable bonds is 4. The number of hydrogen-bond donors (Lipinski definition) is 2. The van der Waals surface area contributed by atoms with Crippen LogP contribution in [0.25, 0.3) is 0 Å². The van der Waals surface area contributed by atoms with Crippen LogP contribution in [0.2, 0.25) is 0 Å². The first kappa shape index (κ1) is 16.5. The van der Waals surface area contributed by atoms with E-state index in [2.05, 4.69) is 5.32 Å². The van der Waals surface area contributed by atoms with Gasteiger partial charge in [-0.15, -0.1) is 0 Å². The molecule has 0 fully saturated rings. The van der Waals surface area contributed by atoms with Crippen molar-refractivity contribution in [2.24, 2.45) is 5.92 Å². The fraction of sp³-hybridized carbons (Fsp3) is 0.692. The van der Waals surface area contributed by atoms with Gasteiger partial charge in [0.05, 0.1) is 6.04 Å². The maximum atomic E-state index is 11.6. The van der Waals surface area contributed by atoms with Gasteiger partial charge in [0.15, 0.2) is 0 Å². The summed E-state index contributed by atoms with van der Waals surface area (Å²) in [5.74, 6) is -0.918. The molecule has 0 heterocycles. The van der Waals surface area contributed by atoms with Crippen LogP contribution in [-0.4, -0.2) is 28.8 Å². The van der Waals surface area contributed by atoms with Crippen molar-refractivity contribution in [1.29, 1.82) is 0 Å². The van der Waals surface area contributed by atoms with Crippen molar-refractivity contribution >= 4 is 12.1 Å². The second-order valence-electron chi connectivity index (χ2n) is 5.57. The van der Waals surface area contributed by atoms with Crippen molar-refractivity contribution in [2.75, 3.05) is 0 Å². The molecule has 0 saturated heterocycles. The Balaban J connectivity index is 4.71. The van der Waals surface area contributed by atoms with Gasteiger partial charge in [-0.05, 0) is 33.6 Å². The fourth-order valence-corrected chi connectivity index (χ4v) is 1.19. The molecule has 1 amide bonds. The Labute approximate surface area is 108 Å². The maximum absolute atomic E-state index is 11.6. The smallest absolute Gasteiger partial charge is 0.408 e. The Morgan fingerprint density at radius 2 is 1.78 bits per heavy atom. The Morgan fingerprint density at radius 1 is 1.28 bits per heavy atom. The van der Waals surface area contributed by atoms with Gasteiger partial charge in [0.25, 0.3) is 0 Å². The molecule has 0 rings (SSSR count). The average Bonchev–Trinajstić information content (AvgIpc) is 2.12. The standard InChI is InChI=1S/C13H23NO4/c1-8(2)10(7-9(3)11(15)16)14-12(17)18-13(4,5)6/h7-8,10H,1-6H3,(H,14,17)(H,15,16)/b9-7+. The largest absolute Gasteiger partial charge is 0.478 e. The Hall–Kier alpha value is -1.52. The van der Waals surface area contributed by atoms with Gasteiger partial charge in [-0.3, -0.25) is 0 Å². The van der Waals surface area contributed by atoms with Crippen molar-refractivity contribution in [3.63, 3.8) is 0 Å². The van der Waals surface area contributed by atoms with Crippen LogP contribution in [0.5, 0.6) is 0 Å². The van der Waals surface area contributed by atoms with E-state index in [0.717, 1.165) is 0 Å². The average molecular weight is 257 g/mol. The fourth-order valence-electron chi connectivity index (χ4n) is 1.19. The summed E-state index contributed by atoms with van der Waals surface area (Å²) in [7, 11) is 0. The van der Waals surface area contributed by atoms with Gasteiger partial charge < -0.3 is 15.2 Å². The summed E-state index contributed by atoms with van der Waals surface area (Å²) in [4.78, 5) is 22.4. The second-order valence-corrected chi connectivity index (χ2v) is 5.57. The van der Waals surface area contributed by atoms with E-state index >= 15 is 0 Å². The molecule has 0 spiro atoms. The summed E-state index contributed by atoms with van der Waals surface area (Å²) in [5.41, 5.74) is -0.373. The highest BCUT2D eigenvalue weighted by atomic mass is 16.6. The van der Waals surface area contributed by atoms with Gasteiger partial charge in [0.2, 0.25) is 0 Å². The predicted octanol–water partition coefficient (Wildman–Crippen LogP) is 2.57. The Morgan fingerprint density at radius 3 is 2.11 bits per heavy atom. The normalized spacial score (nSPS) is 14.3. The van der Waals surface area contributed by atoms with Gasteiger partial charge in [-0.25, -0.2) is 9.59 Å². The highest BCUT2D eigenvalue weighted by Gasteiger charge is 2.20. The first-order valence-corrected chi connectivity index (χ1v) is 5.94. The van der Waals surface area contributed by atoms with Crippen LogP contribution in [0, 0.1) is 5.92 Å². The molecule has 5 heteroatoms. The first-order chi connectivity index (χ1) is 8.03. The lowest BCUT2D eigenvalue weighted by Gasteiger charge is -2.24. The monoisotopic (exact) mass is 257 g/mol. The molecule has 5 nitrogen and oxygen atoms in total. The lowest BCUT2D eigenvalue weighted by molar-refractivity contribution is -0.132. The number of carboxylic acid groups (broad SMARTS) is 1. The number of hydrogen-bond acceptors (Lipinski definition) is 3. The van der Waals surface area contributed by atoms with Crippen LogP contribution in [0.1, 0.15) is 41.5 Å². The van der Waals surface area contributed by atoms with E-state index in [0.29, 0.717) is 0 Å². The van der Waals surface area contributed by atoms with Gasteiger partial charge >= 0.3 is 12.1 Å². The van der Waals surface area contributed by atoms with Crippen LogP contribution < -0.4 is 5.32 Å². The number of carbonyl (C=O) groups excluding carboxylic acids is 1. The molecule has 18 heavy (non-hydrogen) atoms. The molecular weight excluding hydrogens is 234 g/mol. The zero-order valence-electron chi connectivity index (χ0n) is 11.9. The van der Waals surface area contributed by atoms with Crippen LogP contribution in [-0.2, 0) is 9.53 Å². The highest BCUT2D eigenvalue weighted by molar-refractivity contribution is 5.86. The van der Waals surface area contributed by atoms with E-state index < -0.39 is 17.7 Å². The number of nitrogens with one attached hydrogen (secondary N) is 1. The predicted molar refractivity (Wildman–Crippen MR) is 69.4 cm³/mol. The molecule has 0 aromatic carbocycles. The minimum absolute atomic E-state index is 0.0758. The van der Waals surface area contributed by atoms with Gasteiger partial charge in [-0.2, -0.15) is 0 Å². The highest BCUT2D eigenvalue weighted by Crippen LogP contribution is 2.10. The number of amides is 1. The molecule has 0 aromatic heterocycles. The van der Waals surface area contributed by atoms with E-state index in [-0.39, 0.29) is 17.5 Å². The molecule has 0 saturated carbocycles. The van der Waals surface area contributed by atoms with E-state index in [4.69, 9.17) is 9.84 Å². The third kappa shape index (κ3) is 6.93. The molecule has 1 unspecified atom stereocenters. The van der Waals surface area contributed by atoms with Crippen molar-refractivity contribution in [3.8, 4) is 0 Å². The van der Waals surface area contributed by atoms with E-state index in [1.54, 1.807) is 20.8 Å². The van der Waals surface area contributed by atoms with Crippen LogP contribution in [0.4, 0.5) is 4.79 Å². The van der Waals surface area contributed by atoms with Crippen molar-refractivity contribution in [3.05, 3.63) is 11.6 Å². The molecule has 0 aliphatic heterocycles. The molecule has 0 aliphatic carbocycles. The van der Waals surface area contributed by atoms with Crippen molar-refractivity contribution in [2.45, 2.75) is 53.2 Å². The number of ether oxygens (including phenoxy) is 1. The topological polar surface area (TPSA) is 75.6 Å². The first-order valence-electron chi connectivity index (χ1n) is 5.94. The maximum Gasteiger partial charge on any atom is 0.408 e. The second kappa shape index (κ2) is 6.42. The summed E-state index contributed by atoms with van der Waals surface area (Å²) in [5, 5.41) is 11.5. The molecular formula is C13H23NO4. The van der Waals surface area contributed by atoms with Crippen LogP contribution in [0.3, 0.4) is 0 Å². The van der Waals surface area contributed by atoms with Crippen molar-refractivity contribution < 1.29 is 19.4 Å². The Bertz CT molecular complexity index is 339. The summed E-state index contributed by atoms with van der Waals surface area (Å²) < 4.78 is 5.13. The number of aliphatic carboxylic acids is 1. The number of alkyl carbamates (subject to hydrolysis) is 1. The third-order valence-corrected chi connectivity index (χ3v) is 2.17. The summed E-state index contributed by atoms with van der Waals surface area (Å²) in [6.45, 7) is 10.6. The number of carbonyl (C=O) groups is 2. The minimum atomic E-state index is -0.994. The summed E-state index contributed by atoms with van der Waals surface area (Å²) in [6.07, 6.45) is 0.979. The SMILES string of the molecule is C/C(=C\C(NC(=O)OC(C)(C)C)C(C)C)C(=O)O. The summed E-state index contributed by atoms with van der Waals surface area (Å²) in [6, 6.07) is -0.365. The molecule has 0 aromatic rings. The number of carboxylic acids is 1.